The van der Waals surface area contributed by atoms with Crippen molar-refractivity contribution in [2.24, 2.45) is 11.8 Å². The van der Waals surface area contributed by atoms with Gasteiger partial charge in [0, 0.05) is 25.4 Å². The molecule has 0 amide bonds. The first-order valence-corrected chi connectivity index (χ1v) is 5.59. The van der Waals surface area contributed by atoms with E-state index >= 15 is 0 Å². The van der Waals surface area contributed by atoms with E-state index in [1.165, 1.54) is 0 Å². The number of hydrogen-bond acceptors (Lipinski definition) is 5. The summed E-state index contributed by atoms with van der Waals surface area (Å²) in [5, 5.41) is 0. The summed E-state index contributed by atoms with van der Waals surface area (Å²) in [4.78, 5) is 10.6. The van der Waals surface area contributed by atoms with Crippen LogP contribution in [0, 0.1) is 12.8 Å². The van der Waals surface area contributed by atoms with Gasteiger partial charge in [0.15, 0.2) is 0 Å². The Hall–Kier alpha value is -1.36. The maximum absolute atomic E-state index is 5.30. The van der Waals surface area contributed by atoms with E-state index in [4.69, 9.17) is 5.84 Å². The van der Waals surface area contributed by atoms with Crippen LogP contribution in [-0.2, 0) is 0 Å². The van der Waals surface area contributed by atoms with Crippen molar-refractivity contribution in [3.8, 4) is 0 Å². The molecule has 16 heavy (non-hydrogen) atoms. The molecule has 90 valence electrons. The van der Waals surface area contributed by atoms with Gasteiger partial charge in [0.25, 0.3) is 0 Å². The van der Waals surface area contributed by atoms with Gasteiger partial charge in [0.05, 0.1) is 0 Å². The molecule has 0 saturated carbocycles. The van der Waals surface area contributed by atoms with Crippen LogP contribution in [0.2, 0.25) is 0 Å². The molecule has 0 radical (unpaired) electrons. The lowest BCUT2D eigenvalue weighted by Gasteiger charge is -2.23. The third-order valence-corrected chi connectivity index (χ3v) is 2.72. The Morgan fingerprint density at radius 2 is 2.25 bits per heavy atom. The monoisotopic (exact) mass is 223 g/mol. The second-order valence-corrected chi connectivity index (χ2v) is 4.24. The number of rotatable bonds is 5. The molecule has 0 fully saturated rings. The van der Waals surface area contributed by atoms with Gasteiger partial charge in [-0.1, -0.05) is 20.3 Å². The standard InChI is InChI=1S/C11H21N5/c1-5-8(2)7-16(4)10-9(3)6-13-11(14-10)15-12/h6,8H,5,7,12H2,1-4H3,(H,13,14,15). The average Bonchev–Trinajstić information content (AvgIpc) is 2.29. The predicted molar refractivity (Wildman–Crippen MR) is 67.3 cm³/mol. The van der Waals surface area contributed by atoms with Gasteiger partial charge >= 0.3 is 0 Å². The molecule has 1 rings (SSSR count). The highest BCUT2D eigenvalue weighted by Gasteiger charge is 2.10. The predicted octanol–water partition coefficient (Wildman–Crippen LogP) is 1.55. The van der Waals surface area contributed by atoms with E-state index in [0.29, 0.717) is 11.9 Å². The van der Waals surface area contributed by atoms with Crippen LogP contribution in [0.25, 0.3) is 0 Å². The Morgan fingerprint density at radius 1 is 1.56 bits per heavy atom. The molecule has 0 aromatic carbocycles. The number of aryl methyl sites for hydroxylation is 1. The van der Waals surface area contributed by atoms with Crippen molar-refractivity contribution in [1.29, 1.82) is 0 Å². The first-order chi connectivity index (χ1) is 7.58. The maximum Gasteiger partial charge on any atom is 0.239 e. The van der Waals surface area contributed by atoms with Crippen LogP contribution < -0.4 is 16.2 Å². The fourth-order valence-corrected chi connectivity index (χ4v) is 1.57. The molecule has 1 aromatic heterocycles. The number of nitrogens with two attached hydrogens (primary N) is 1. The van der Waals surface area contributed by atoms with E-state index in [2.05, 4.69) is 34.1 Å². The molecule has 3 N–H and O–H groups in total. The molecule has 0 aliphatic heterocycles. The first kappa shape index (κ1) is 12.7. The Labute approximate surface area is 97.0 Å². The second kappa shape index (κ2) is 5.65. The number of nitrogens with zero attached hydrogens (tertiary/aromatic N) is 3. The fourth-order valence-electron chi connectivity index (χ4n) is 1.57. The first-order valence-electron chi connectivity index (χ1n) is 5.59. The molecule has 0 spiro atoms. The van der Waals surface area contributed by atoms with E-state index in [9.17, 15) is 0 Å². The van der Waals surface area contributed by atoms with Crippen LogP contribution in [-0.4, -0.2) is 23.6 Å². The minimum absolute atomic E-state index is 0.455. The van der Waals surface area contributed by atoms with Crippen LogP contribution in [0.5, 0.6) is 0 Å². The number of aromatic nitrogens is 2. The van der Waals surface area contributed by atoms with E-state index < -0.39 is 0 Å². The van der Waals surface area contributed by atoms with E-state index in [1.807, 2.05) is 14.0 Å². The number of hydrogen-bond donors (Lipinski definition) is 2. The molecular weight excluding hydrogens is 202 g/mol. The van der Waals surface area contributed by atoms with Gasteiger partial charge in [0.2, 0.25) is 5.95 Å². The van der Waals surface area contributed by atoms with Crippen LogP contribution in [0.15, 0.2) is 6.20 Å². The minimum atomic E-state index is 0.455. The van der Waals surface area contributed by atoms with Crippen molar-refractivity contribution in [3.63, 3.8) is 0 Å². The fraction of sp³-hybridized carbons (Fsp3) is 0.636. The quantitative estimate of drug-likeness (QED) is 0.585. The molecule has 5 heteroatoms. The summed E-state index contributed by atoms with van der Waals surface area (Å²) in [7, 11) is 2.04. The smallest absolute Gasteiger partial charge is 0.239 e. The maximum atomic E-state index is 5.30. The normalized spacial score (nSPS) is 12.3. The summed E-state index contributed by atoms with van der Waals surface area (Å²) in [6.45, 7) is 7.41. The van der Waals surface area contributed by atoms with Crippen molar-refractivity contribution >= 4 is 11.8 Å². The molecule has 5 nitrogen and oxygen atoms in total. The van der Waals surface area contributed by atoms with Gasteiger partial charge in [0.1, 0.15) is 5.82 Å². The molecule has 1 atom stereocenters. The highest BCUT2D eigenvalue weighted by molar-refractivity contribution is 5.47. The zero-order valence-electron chi connectivity index (χ0n) is 10.5. The Kier molecular flexibility index (Phi) is 4.49. The molecule has 0 bridgehead atoms. The molecular formula is C11H21N5. The van der Waals surface area contributed by atoms with Crippen LogP contribution in [0.1, 0.15) is 25.8 Å². The highest BCUT2D eigenvalue weighted by Crippen LogP contribution is 2.17. The SMILES string of the molecule is CCC(C)CN(C)c1nc(NN)ncc1C. The van der Waals surface area contributed by atoms with Crippen LogP contribution >= 0.6 is 0 Å². The van der Waals surface area contributed by atoms with E-state index in [-0.39, 0.29) is 0 Å². The summed E-state index contributed by atoms with van der Waals surface area (Å²) in [5.74, 6) is 7.34. The number of nitrogen functional groups attached to an aromatic ring is 1. The molecule has 1 heterocycles. The minimum Gasteiger partial charge on any atom is -0.359 e. The molecule has 1 aromatic rings. The van der Waals surface area contributed by atoms with Crippen molar-refractivity contribution in [2.75, 3.05) is 23.9 Å². The summed E-state index contributed by atoms with van der Waals surface area (Å²) in [6, 6.07) is 0. The Balaban J connectivity index is 2.84. The molecule has 1 unspecified atom stereocenters. The molecule has 0 aliphatic carbocycles. The van der Waals surface area contributed by atoms with Crippen molar-refractivity contribution in [2.45, 2.75) is 27.2 Å². The second-order valence-electron chi connectivity index (χ2n) is 4.24. The van der Waals surface area contributed by atoms with Gasteiger partial charge in [-0.25, -0.2) is 10.8 Å². The average molecular weight is 223 g/mol. The zero-order valence-corrected chi connectivity index (χ0v) is 10.5. The number of anilines is 2. The van der Waals surface area contributed by atoms with Crippen LogP contribution in [0.4, 0.5) is 11.8 Å². The molecule has 0 saturated heterocycles. The lowest BCUT2D eigenvalue weighted by molar-refractivity contribution is 0.557. The molecule has 0 aliphatic rings. The van der Waals surface area contributed by atoms with E-state index in [1.54, 1.807) is 6.20 Å². The summed E-state index contributed by atoms with van der Waals surface area (Å²) >= 11 is 0. The lowest BCUT2D eigenvalue weighted by Crippen LogP contribution is -2.26. The van der Waals surface area contributed by atoms with Gasteiger partial charge < -0.3 is 4.90 Å². The summed E-state index contributed by atoms with van der Waals surface area (Å²) in [5.41, 5.74) is 3.53. The van der Waals surface area contributed by atoms with Gasteiger partial charge in [-0.05, 0) is 12.8 Å². The summed E-state index contributed by atoms with van der Waals surface area (Å²) in [6.07, 6.45) is 2.95. The van der Waals surface area contributed by atoms with Gasteiger partial charge in [-0.2, -0.15) is 4.98 Å². The largest absolute Gasteiger partial charge is 0.359 e. The summed E-state index contributed by atoms with van der Waals surface area (Å²) < 4.78 is 0. The van der Waals surface area contributed by atoms with E-state index in [0.717, 1.165) is 24.3 Å². The highest BCUT2D eigenvalue weighted by atomic mass is 15.3. The third-order valence-electron chi connectivity index (χ3n) is 2.72. The third kappa shape index (κ3) is 3.06. The topological polar surface area (TPSA) is 67.1 Å². The van der Waals surface area contributed by atoms with Crippen molar-refractivity contribution in [3.05, 3.63) is 11.8 Å². The van der Waals surface area contributed by atoms with Gasteiger partial charge in [-0.3, -0.25) is 5.43 Å². The Morgan fingerprint density at radius 3 is 2.81 bits per heavy atom. The van der Waals surface area contributed by atoms with Crippen LogP contribution in [0.3, 0.4) is 0 Å². The number of nitrogens with one attached hydrogen (secondary N) is 1. The van der Waals surface area contributed by atoms with Crippen molar-refractivity contribution in [1.82, 2.24) is 9.97 Å². The van der Waals surface area contributed by atoms with Crippen molar-refractivity contribution < 1.29 is 0 Å². The Bertz CT molecular complexity index is 339. The number of hydrazine groups is 1. The van der Waals surface area contributed by atoms with Gasteiger partial charge in [-0.15, -0.1) is 0 Å². The lowest BCUT2D eigenvalue weighted by atomic mass is 10.1. The zero-order chi connectivity index (χ0) is 12.1.